The van der Waals surface area contributed by atoms with Crippen LogP contribution in [0.2, 0.25) is 0 Å². The molecule has 0 fully saturated rings. The lowest BCUT2D eigenvalue weighted by Gasteiger charge is -2.38. The Morgan fingerprint density at radius 3 is 2.67 bits per heavy atom. The van der Waals surface area contributed by atoms with Crippen molar-refractivity contribution in [3.63, 3.8) is 0 Å². The quantitative estimate of drug-likeness (QED) is 0.492. The van der Waals surface area contributed by atoms with Crippen LogP contribution in [0, 0.1) is 12.8 Å². The van der Waals surface area contributed by atoms with Gasteiger partial charge in [0.25, 0.3) is 5.91 Å². The van der Waals surface area contributed by atoms with E-state index >= 15 is 0 Å². The van der Waals surface area contributed by atoms with Crippen molar-refractivity contribution in [2.75, 3.05) is 10.6 Å². The number of nitrogens with one attached hydrogen (secondary N) is 2. The SMILES string of the molecule is Cc1ccccc1C(=O)Nc1ccc2c(c1)C1C=CCC1C(c1ccccc1O)N2. The maximum Gasteiger partial charge on any atom is 0.255 e. The van der Waals surface area contributed by atoms with Crippen molar-refractivity contribution >= 4 is 17.3 Å². The first-order chi connectivity index (χ1) is 14.6. The Kier molecular flexibility index (Phi) is 4.55. The predicted molar refractivity (Wildman–Crippen MR) is 120 cm³/mol. The maximum atomic E-state index is 12.7. The van der Waals surface area contributed by atoms with Crippen molar-refractivity contribution in [3.05, 3.63) is 101 Å². The second kappa shape index (κ2) is 7.38. The zero-order valence-electron chi connectivity index (χ0n) is 16.8. The summed E-state index contributed by atoms with van der Waals surface area (Å²) in [5.41, 5.74) is 5.60. The van der Waals surface area contributed by atoms with Crippen molar-refractivity contribution in [3.8, 4) is 5.75 Å². The predicted octanol–water partition coefficient (Wildman–Crippen LogP) is 5.78. The summed E-state index contributed by atoms with van der Waals surface area (Å²) in [5.74, 6) is 0.808. The van der Waals surface area contributed by atoms with E-state index in [2.05, 4.69) is 28.9 Å². The molecule has 1 amide bonds. The van der Waals surface area contributed by atoms with E-state index in [4.69, 9.17) is 0 Å². The van der Waals surface area contributed by atoms with Gasteiger partial charge in [0.05, 0.1) is 6.04 Å². The molecule has 0 spiro atoms. The molecule has 3 aromatic carbocycles. The van der Waals surface area contributed by atoms with Gasteiger partial charge in [0.1, 0.15) is 5.75 Å². The molecular weight excluding hydrogens is 372 g/mol. The van der Waals surface area contributed by atoms with Crippen LogP contribution < -0.4 is 10.6 Å². The minimum Gasteiger partial charge on any atom is -0.508 e. The summed E-state index contributed by atoms with van der Waals surface area (Å²) in [6, 6.07) is 21.2. The van der Waals surface area contributed by atoms with Crippen LogP contribution in [-0.4, -0.2) is 11.0 Å². The Morgan fingerprint density at radius 2 is 1.83 bits per heavy atom. The summed E-state index contributed by atoms with van der Waals surface area (Å²) in [7, 11) is 0. The molecule has 1 aliphatic carbocycles. The second-order valence-corrected chi connectivity index (χ2v) is 8.11. The lowest BCUT2D eigenvalue weighted by atomic mass is 9.76. The van der Waals surface area contributed by atoms with Gasteiger partial charge in [-0.1, -0.05) is 48.6 Å². The molecule has 4 heteroatoms. The van der Waals surface area contributed by atoms with Gasteiger partial charge in [-0.05, 0) is 60.7 Å². The average Bonchev–Trinajstić information content (AvgIpc) is 3.24. The molecule has 3 atom stereocenters. The first-order valence-corrected chi connectivity index (χ1v) is 10.3. The molecule has 5 rings (SSSR count). The number of amides is 1. The molecule has 3 N–H and O–H groups in total. The minimum absolute atomic E-state index is 0.0473. The number of phenols is 1. The summed E-state index contributed by atoms with van der Waals surface area (Å²) >= 11 is 0. The first kappa shape index (κ1) is 18.5. The molecule has 3 aromatic rings. The average molecular weight is 396 g/mol. The summed E-state index contributed by atoms with van der Waals surface area (Å²) in [6.45, 7) is 1.94. The summed E-state index contributed by atoms with van der Waals surface area (Å²) in [4.78, 5) is 12.7. The van der Waals surface area contributed by atoms with Crippen LogP contribution in [0.4, 0.5) is 11.4 Å². The van der Waals surface area contributed by atoms with Gasteiger partial charge >= 0.3 is 0 Å². The van der Waals surface area contributed by atoms with Gasteiger partial charge in [-0.15, -0.1) is 0 Å². The number of allylic oxidation sites excluding steroid dienone is 2. The van der Waals surface area contributed by atoms with Crippen molar-refractivity contribution in [1.29, 1.82) is 0 Å². The number of benzene rings is 3. The van der Waals surface area contributed by atoms with E-state index in [0.29, 0.717) is 17.2 Å². The topological polar surface area (TPSA) is 61.4 Å². The van der Waals surface area contributed by atoms with Gasteiger partial charge < -0.3 is 15.7 Å². The van der Waals surface area contributed by atoms with Crippen molar-refractivity contribution < 1.29 is 9.90 Å². The van der Waals surface area contributed by atoms with Crippen LogP contribution >= 0.6 is 0 Å². The van der Waals surface area contributed by atoms with Crippen LogP contribution in [-0.2, 0) is 0 Å². The van der Waals surface area contributed by atoms with Gasteiger partial charge in [0.15, 0.2) is 0 Å². The van der Waals surface area contributed by atoms with Gasteiger partial charge in [-0.2, -0.15) is 0 Å². The molecule has 0 saturated heterocycles. The molecule has 1 aliphatic heterocycles. The summed E-state index contributed by atoms with van der Waals surface area (Å²) in [6.07, 6.45) is 5.43. The smallest absolute Gasteiger partial charge is 0.255 e. The third kappa shape index (κ3) is 3.14. The molecule has 4 nitrogen and oxygen atoms in total. The zero-order chi connectivity index (χ0) is 20.7. The number of hydrogen-bond donors (Lipinski definition) is 3. The third-order valence-electron chi connectivity index (χ3n) is 6.28. The summed E-state index contributed by atoms with van der Waals surface area (Å²) in [5, 5.41) is 17.1. The van der Waals surface area contributed by atoms with Gasteiger partial charge in [0.2, 0.25) is 0 Å². The highest BCUT2D eigenvalue weighted by Crippen LogP contribution is 2.51. The van der Waals surface area contributed by atoms with Gasteiger partial charge in [-0.25, -0.2) is 0 Å². The van der Waals surface area contributed by atoms with E-state index in [9.17, 15) is 9.90 Å². The highest BCUT2D eigenvalue weighted by Gasteiger charge is 2.38. The standard InChI is InChI=1S/C26H24N2O2/c1-16-7-2-3-8-18(16)26(30)27-17-13-14-23-22(15-17)19-10-6-11-20(19)25(28-23)21-9-4-5-12-24(21)29/h2-10,12-15,19-20,25,28-29H,11H2,1H3,(H,27,30). The Morgan fingerprint density at radius 1 is 1.03 bits per heavy atom. The number of aryl methyl sites for hydroxylation is 1. The summed E-state index contributed by atoms with van der Waals surface area (Å²) < 4.78 is 0. The lowest BCUT2D eigenvalue weighted by molar-refractivity contribution is 0.102. The number of aromatic hydroxyl groups is 1. The van der Waals surface area contributed by atoms with Crippen molar-refractivity contribution in [2.45, 2.75) is 25.3 Å². The molecule has 0 saturated carbocycles. The normalized spacial score (nSPS) is 21.4. The maximum absolute atomic E-state index is 12.7. The molecule has 0 bridgehead atoms. The molecule has 1 heterocycles. The Labute approximate surface area is 176 Å². The second-order valence-electron chi connectivity index (χ2n) is 8.11. The number of phenolic OH excluding ortho intramolecular Hbond substituents is 1. The Hall–Kier alpha value is -3.53. The van der Waals surface area contributed by atoms with Crippen molar-refractivity contribution in [1.82, 2.24) is 0 Å². The van der Waals surface area contributed by atoms with Crippen LogP contribution in [0.25, 0.3) is 0 Å². The first-order valence-electron chi connectivity index (χ1n) is 10.3. The monoisotopic (exact) mass is 396 g/mol. The highest BCUT2D eigenvalue weighted by molar-refractivity contribution is 6.05. The lowest BCUT2D eigenvalue weighted by Crippen LogP contribution is -2.29. The van der Waals surface area contributed by atoms with Crippen LogP contribution in [0.5, 0.6) is 5.75 Å². The molecule has 2 aliphatic rings. The van der Waals surface area contributed by atoms with E-state index in [1.54, 1.807) is 6.07 Å². The fourth-order valence-corrected chi connectivity index (χ4v) is 4.76. The van der Waals surface area contributed by atoms with Crippen molar-refractivity contribution in [2.24, 2.45) is 5.92 Å². The number of rotatable bonds is 3. The zero-order valence-corrected chi connectivity index (χ0v) is 16.8. The van der Waals surface area contributed by atoms with Crippen LogP contribution in [0.3, 0.4) is 0 Å². The number of carbonyl (C=O) groups excluding carboxylic acids is 1. The van der Waals surface area contributed by atoms with Gasteiger partial charge in [0, 0.05) is 28.4 Å². The molecule has 0 aromatic heterocycles. The fraction of sp³-hybridized carbons (Fsp3) is 0.192. The Balaban J connectivity index is 1.46. The van der Waals surface area contributed by atoms with E-state index < -0.39 is 0 Å². The highest BCUT2D eigenvalue weighted by atomic mass is 16.3. The van der Waals surface area contributed by atoms with Crippen LogP contribution in [0.15, 0.2) is 78.9 Å². The van der Waals surface area contributed by atoms with E-state index in [0.717, 1.165) is 28.9 Å². The third-order valence-corrected chi connectivity index (χ3v) is 6.28. The number of para-hydroxylation sites is 1. The Bertz CT molecular complexity index is 1150. The largest absolute Gasteiger partial charge is 0.508 e. The van der Waals surface area contributed by atoms with Gasteiger partial charge in [-0.3, -0.25) is 4.79 Å². The van der Waals surface area contributed by atoms with Crippen LogP contribution in [0.1, 0.15) is 45.4 Å². The number of carbonyl (C=O) groups is 1. The molecule has 0 radical (unpaired) electrons. The number of hydrogen-bond acceptors (Lipinski definition) is 3. The molecular formula is C26H24N2O2. The molecule has 3 unspecified atom stereocenters. The molecule has 30 heavy (non-hydrogen) atoms. The fourth-order valence-electron chi connectivity index (χ4n) is 4.76. The number of anilines is 2. The van der Waals surface area contributed by atoms with E-state index in [1.807, 2.05) is 61.5 Å². The van der Waals surface area contributed by atoms with E-state index in [1.165, 1.54) is 5.56 Å². The number of fused-ring (bicyclic) bond motifs is 3. The van der Waals surface area contributed by atoms with E-state index in [-0.39, 0.29) is 17.9 Å². The minimum atomic E-state index is -0.0950. The molecule has 150 valence electrons.